The number of hydrogen-bond donors (Lipinski definition) is 0. The van der Waals surface area contributed by atoms with E-state index in [1.165, 1.54) is 65.7 Å². The van der Waals surface area contributed by atoms with E-state index in [4.69, 9.17) is 4.98 Å². The molecule has 0 saturated carbocycles. The van der Waals surface area contributed by atoms with Gasteiger partial charge in [0.25, 0.3) is 0 Å². The van der Waals surface area contributed by atoms with E-state index in [1.807, 2.05) is 18.3 Å². The van der Waals surface area contributed by atoms with Crippen LogP contribution in [0.5, 0.6) is 0 Å². The zero-order valence-corrected chi connectivity index (χ0v) is 26.9. The number of anilines is 3. The molecule has 49 heavy (non-hydrogen) atoms. The Hall–Kier alpha value is -6.51. The summed E-state index contributed by atoms with van der Waals surface area (Å²) in [6.07, 6.45) is 1.86. The highest BCUT2D eigenvalue weighted by atomic mass is 15.2. The second-order valence-electron chi connectivity index (χ2n) is 12.4. The molecule has 0 fully saturated rings. The molecule has 0 N–H and O–H groups in total. The predicted octanol–water partition coefficient (Wildman–Crippen LogP) is 13.0. The smallest absolute Gasteiger partial charge is 0.137 e. The van der Waals surface area contributed by atoms with Crippen LogP contribution in [0.25, 0.3) is 65.7 Å². The van der Waals surface area contributed by atoms with Crippen molar-refractivity contribution >= 4 is 49.5 Å². The van der Waals surface area contributed by atoms with Crippen LogP contribution in [0.1, 0.15) is 0 Å². The molecule has 9 rings (SSSR count). The van der Waals surface area contributed by atoms with Gasteiger partial charge in [-0.1, -0.05) is 158 Å². The van der Waals surface area contributed by atoms with Gasteiger partial charge in [-0.25, -0.2) is 4.98 Å². The molecule has 0 spiro atoms. The van der Waals surface area contributed by atoms with Crippen molar-refractivity contribution in [2.75, 3.05) is 4.90 Å². The van der Waals surface area contributed by atoms with Crippen LogP contribution in [0.2, 0.25) is 0 Å². The van der Waals surface area contributed by atoms with Crippen molar-refractivity contribution in [3.8, 4) is 33.4 Å². The lowest BCUT2D eigenvalue weighted by molar-refractivity contribution is 1.19. The van der Waals surface area contributed by atoms with Crippen LogP contribution >= 0.6 is 0 Å². The lowest BCUT2D eigenvalue weighted by Gasteiger charge is -2.26. The molecule has 2 heteroatoms. The molecule has 2 nitrogen and oxygen atoms in total. The van der Waals surface area contributed by atoms with E-state index >= 15 is 0 Å². The van der Waals surface area contributed by atoms with Gasteiger partial charge >= 0.3 is 0 Å². The van der Waals surface area contributed by atoms with Gasteiger partial charge in [0.2, 0.25) is 0 Å². The summed E-state index contributed by atoms with van der Waals surface area (Å²) in [5.74, 6) is 0.880. The van der Waals surface area contributed by atoms with E-state index in [1.54, 1.807) is 0 Å². The van der Waals surface area contributed by atoms with Crippen molar-refractivity contribution in [1.82, 2.24) is 4.98 Å². The van der Waals surface area contributed by atoms with Crippen molar-refractivity contribution in [3.63, 3.8) is 0 Å². The molecule has 0 aliphatic carbocycles. The van der Waals surface area contributed by atoms with E-state index in [0.29, 0.717) is 0 Å². The quantitative estimate of drug-likeness (QED) is 0.171. The van der Waals surface area contributed by atoms with Crippen molar-refractivity contribution in [2.45, 2.75) is 0 Å². The predicted molar refractivity (Wildman–Crippen MR) is 208 cm³/mol. The highest BCUT2D eigenvalue weighted by molar-refractivity contribution is 6.21. The van der Waals surface area contributed by atoms with Crippen LogP contribution in [0, 0.1) is 0 Å². The molecule has 9 aromatic rings. The van der Waals surface area contributed by atoms with E-state index in [-0.39, 0.29) is 0 Å². The number of rotatable bonds is 6. The fourth-order valence-corrected chi connectivity index (χ4v) is 7.27. The highest BCUT2D eigenvalue weighted by Gasteiger charge is 2.19. The first kappa shape index (κ1) is 28.7. The molecule has 230 valence electrons. The Kier molecular flexibility index (Phi) is 7.18. The first-order chi connectivity index (χ1) is 24.3. The largest absolute Gasteiger partial charge is 0.294 e. The van der Waals surface area contributed by atoms with Gasteiger partial charge in [-0.05, 0) is 90.6 Å². The summed E-state index contributed by atoms with van der Waals surface area (Å²) in [5, 5.41) is 7.37. The monoisotopic (exact) mass is 624 g/mol. The van der Waals surface area contributed by atoms with Crippen LogP contribution in [-0.4, -0.2) is 4.98 Å². The van der Waals surface area contributed by atoms with E-state index in [9.17, 15) is 0 Å². The lowest BCUT2D eigenvalue weighted by Crippen LogP contribution is -2.11. The Balaban J connectivity index is 1.20. The molecule has 0 aliphatic heterocycles. The summed E-state index contributed by atoms with van der Waals surface area (Å²) < 4.78 is 0. The molecule has 1 heterocycles. The average molecular weight is 625 g/mol. The summed E-state index contributed by atoms with van der Waals surface area (Å²) in [4.78, 5) is 7.04. The maximum Gasteiger partial charge on any atom is 0.137 e. The maximum absolute atomic E-state index is 4.79. The fourth-order valence-electron chi connectivity index (χ4n) is 7.27. The van der Waals surface area contributed by atoms with Gasteiger partial charge in [-0.15, -0.1) is 0 Å². The molecule has 0 bridgehead atoms. The number of nitrogens with zero attached hydrogens (tertiary/aromatic N) is 2. The summed E-state index contributed by atoms with van der Waals surface area (Å²) >= 11 is 0. The second-order valence-corrected chi connectivity index (χ2v) is 12.4. The lowest BCUT2D eigenvalue weighted by atomic mass is 9.85. The number of pyridine rings is 1. The standard InChI is InChI=1S/C47H32N2/c1-2-13-33(14-3-1)34-24-26-36(27-25-34)46-40-18-6-8-20-42(40)47(43-21-9-7-19-41(43)46)37-28-30-38(31-29-37)49(45-23-10-11-32-48-45)44-22-12-16-35-15-4-5-17-39(35)44/h1-32H. The molecule has 0 unspecified atom stereocenters. The molecule has 0 aliphatic rings. The Morgan fingerprint density at radius 3 is 1.39 bits per heavy atom. The third-order valence-corrected chi connectivity index (χ3v) is 9.51. The second kappa shape index (κ2) is 12.3. The van der Waals surface area contributed by atoms with Gasteiger partial charge in [0.05, 0.1) is 5.69 Å². The normalized spacial score (nSPS) is 11.3. The molecular weight excluding hydrogens is 593 g/mol. The molecule has 0 atom stereocenters. The first-order valence-electron chi connectivity index (χ1n) is 16.7. The van der Waals surface area contributed by atoms with E-state index in [0.717, 1.165) is 17.2 Å². The van der Waals surface area contributed by atoms with Crippen molar-refractivity contribution in [2.24, 2.45) is 0 Å². The molecule has 0 radical (unpaired) electrons. The zero-order chi connectivity index (χ0) is 32.6. The van der Waals surface area contributed by atoms with Crippen LogP contribution < -0.4 is 4.90 Å². The van der Waals surface area contributed by atoms with Crippen LogP contribution in [0.15, 0.2) is 194 Å². The van der Waals surface area contributed by atoms with Crippen molar-refractivity contribution in [3.05, 3.63) is 194 Å². The van der Waals surface area contributed by atoms with Gasteiger partial charge in [0.15, 0.2) is 0 Å². The average Bonchev–Trinajstić information content (AvgIpc) is 3.18. The summed E-state index contributed by atoms with van der Waals surface area (Å²) in [6, 6.07) is 67.3. The Morgan fingerprint density at radius 1 is 0.327 bits per heavy atom. The SMILES string of the molecule is c1ccc(-c2ccc(-c3c4ccccc4c(-c4ccc(N(c5ccccn5)c5cccc6ccccc56)cc4)c4ccccc34)cc2)cc1. The van der Waals surface area contributed by atoms with Crippen LogP contribution in [0.3, 0.4) is 0 Å². The number of hydrogen-bond acceptors (Lipinski definition) is 2. The minimum absolute atomic E-state index is 0.880. The molecule has 0 saturated heterocycles. The maximum atomic E-state index is 4.79. The first-order valence-corrected chi connectivity index (χ1v) is 16.7. The Morgan fingerprint density at radius 2 is 0.796 bits per heavy atom. The van der Waals surface area contributed by atoms with Crippen LogP contribution in [0.4, 0.5) is 17.2 Å². The third-order valence-electron chi connectivity index (χ3n) is 9.51. The summed E-state index contributed by atoms with van der Waals surface area (Å²) in [5.41, 5.74) is 9.52. The molecule has 1 aromatic heterocycles. The van der Waals surface area contributed by atoms with Gasteiger partial charge in [-0.3, -0.25) is 4.90 Å². The van der Waals surface area contributed by atoms with Gasteiger partial charge < -0.3 is 0 Å². The Bertz CT molecular complexity index is 2510. The van der Waals surface area contributed by atoms with Crippen molar-refractivity contribution < 1.29 is 0 Å². The zero-order valence-electron chi connectivity index (χ0n) is 26.9. The van der Waals surface area contributed by atoms with Gasteiger partial charge in [0.1, 0.15) is 5.82 Å². The van der Waals surface area contributed by atoms with Crippen molar-refractivity contribution in [1.29, 1.82) is 0 Å². The fraction of sp³-hybridized carbons (Fsp3) is 0. The molecule has 8 aromatic carbocycles. The molecular formula is C47H32N2. The van der Waals surface area contributed by atoms with Gasteiger partial charge in [-0.2, -0.15) is 0 Å². The third kappa shape index (κ3) is 5.11. The van der Waals surface area contributed by atoms with Gasteiger partial charge in [0, 0.05) is 17.3 Å². The topological polar surface area (TPSA) is 16.1 Å². The minimum Gasteiger partial charge on any atom is -0.294 e. The Labute approximate surface area is 286 Å². The summed E-state index contributed by atoms with van der Waals surface area (Å²) in [6.45, 7) is 0. The number of fused-ring (bicyclic) bond motifs is 3. The van der Waals surface area contributed by atoms with Crippen LogP contribution in [-0.2, 0) is 0 Å². The highest BCUT2D eigenvalue weighted by Crippen LogP contribution is 2.45. The molecule has 0 amide bonds. The van der Waals surface area contributed by atoms with E-state index in [2.05, 4.69) is 181 Å². The summed E-state index contributed by atoms with van der Waals surface area (Å²) in [7, 11) is 0. The number of aromatic nitrogens is 1. The van der Waals surface area contributed by atoms with E-state index < -0.39 is 0 Å². The number of benzene rings is 8. The minimum atomic E-state index is 0.880.